The third-order valence-electron chi connectivity index (χ3n) is 1.13. The van der Waals surface area contributed by atoms with Crippen LogP contribution < -0.4 is 0 Å². The lowest BCUT2D eigenvalue weighted by atomic mass is 10.8. The van der Waals surface area contributed by atoms with Crippen molar-refractivity contribution in [2.24, 2.45) is 0 Å². The first-order chi connectivity index (χ1) is 6.28. The van der Waals surface area contributed by atoms with E-state index in [1.54, 1.807) is 0 Å². The van der Waals surface area contributed by atoms with Gasteiger partial charge in [0, 0.05) is 0 Å². The highest BCUT2D eigenvalue weighted by molar-refractivity contribution is 8.05. The SMILES string of the molecule is O=S(=O)(O)C(O)C(S(=O)(=O)O)S(=O)(=O)O. The maximum absolute atomic E-state index is 10.3. The van der Waals surface area contributed by atoms with Crippen molar-refractivity contribution in [2.45, 2.75) is 10.0 Å². The zero-order chi connectivity index (χ0) is 12.7. The van der Waals surface area contributed by atoms with Crippen molar-refractivity contribution in [3.63, 3.8) is 0 Å². The van der Waals surface area contributed by atoms with Crippen molar-refractivity contribution < 1.29 is 44.0 Å². The summed E-state index contributed by atoms with van der Waals surface area (Å²) < 4.78 is 83.0. The maximum Gasteiger partial charge on any atom is 0.294 e. The van der Waals surface area contributed by atoms with Gasteiger partial charge in [0.15, 0.2) is 0 Å². The first kappa shape index (κ1) is 14.7. The number of aliphatic hydroxyl groups excluding tert-OH is 1. The van der Waals surface area contributed by atoms with Crippen molar-refractivity contribution in [3.8, 4) is 0 Å². The molecule has 0 fully saturated rings. The van der Waals surface area contributed by atoms with Crippen LogP contribution in [0.5, 0.6) is 0 Å². The third-order valence-corrected chi connectivity index (χ3v) is 5.50. The van der Waals surface area contributed by atoms with E-state index in [0.29, 0.717) is 0 Å². The Labute approximate surface area is 84.8 Å². The predicted molar refractivity (Wildman–Crippen MR) is 44.4 cm³/mol. The average Bonchev–Trinajstić information content (AvgIpc) is 1.76. The van der Waals surface area contributed by atoms with Gasteiger partial charge in [-0.25, -0.2) is 0 Å². The van der Waals surface area contributed by atoms with Crippen molar-refractivity contribution in [1.82, 2.24) is 0 Å². The van der Waals surface area contributed by atoms with Gasteiger partial charge < -0.3 is 5.11 Å². The Morgan fingerprint density at radius 2 is 0.933 bits per heavy atom. The minimum absolute atomic E-state index is 3.41. The van der Waals surface area contributed by atoms with Crippen molar-refractivity contribution in [2.75, 3.05) is 0 Å². The molecule has 0 radical (unpaired) electrons. The number of hydrogen-bond donors (Lipinski definition) is 4. The fraction of sp³-hybridized carbons (Fsp3) is 1.00. The summed E-state index contributed by atoms with van der Waals surface area (Å²) in [5, 5.41) is 8.60. The minimum atomic E-state index is -5.63. The molecule has 0 aromatic carbocycles. The third kappa shape index (κ3) is 3.98. The molecule has 4 N–H and O–H groups in total. The summed E-state index contributed by atoms with van der Waals surface area (Å²) in [4.78, 5) is 0. The highest BCUT2D eigenvalue weighted by Gasteiger charge is 2.48. The zero-order valence-corrected chi connectivity index (χ0v) is 9.07. The molecule has 0 rings (SSSR count). The van der Waals surface area contributed by atoms with Crippen LogP contribution in [-0.4, -0.2) is 54.0 Å². The summed E-state index contributed by atoms with van der Waals surface area (Å²) in [5.74, 6) is 0. The Morgan fingerprint density at radius 1 is 0.667 bits per heavy atom. The van der Waals surface area contributed by atoms with Gasteiger partial charge in [0.2, 0.25) is 5.44 Å². The van der Waals surface area contributed by atoms with Crippen molar-refractivity contribution >= 4 is 30.4 Å². The van der Waals surface area contributed by atoms with E-state index in [4.69, 9.17) is 18.8 Å². The molecular weight excluding hydrogens is 280 g/mol. The van der Waals surface area contributed by atoms with E-state index in [1.165, 1.54) is 0 Å². The fourth-order valence-corrected chi connectivity index (χ4v) is 4.37. The molecule has 0 aliphatic rings. The Kier molecular flexibility index (Phi) is 3.85. The highest BCUT2D eigenvalue weighted by Crippen LogP contribution is 2.15. The smallest absolute Gasteiger partial charge is 0.294 e. The van der Waals surface area contributed by atoms with Crippen LogP contribution in [0.2, 0.25) is 0 Å². The van der Waals surface area contributed by atoms with Gasteiger partial charge in [-0.1, -0.05) is 0 Å². The molecule has 13 heteroatoms. The van der Waals surface area contributed by atoms with Gasteiger partial charge in [-0.3, -0.25) is 13.7 Å². The fourth-order valence-electron chi connectivity index (χ4n) is 0.588. The van der Waals surface area contributed by atoms with Gasteiger partial charge in [-0.2, -0.15) is 25.3 Å². The molecule has 0 bridgehead atoms. The molecule has 0 spiro atoms. The first-order valence-electron chi connectivity index (χ1n) is 2.85. The number of hydrogen-bond acceptors (Lipinski definition) is 7. The molecule has 1 atom stereocenters. The van der Waals surface area contributed by atoms with Gasteiger partial charge in [-0.15, -0.1) is 0 Å². The minimum Gasteiger partial charge on any atom is -0.373 e. The van der Waals surface area contributed by atoms with Crippen LogP contribution in [0.15, 0.2) is 0 Å². The van der Waals surface area contributed by atoms with Crippen LogP contribution in [0.4, 0.5) is 0 Å². The van der Waals surface area contributed by atoms with Crippen LogP contribution >= 0.6 is 0 Å². The molecule has 0 saturated heterocycles. The second-order valence-corrected chi connectivity index (χ2v) is 7.19. The summed E-state index contributed by atoms with van der Waals surface area (Å²) in [5.41, 5.74) is -3.41. The van der Waals surface area contributed by atoms with E-state index < -0.39 is 40.4 Å². The molecule has 0 heterocycles. The lowest BCUT2D eigenvalue weighted by molar-refractivity contribution is 0.236. The molecule has 0 aromatic heterocycles. The normalized spacial score (nSPS) is 16.6. The van der Waals surface area contributed by atoms with Gasteiger partial charge in [0.25, 0.3) is 34.9 Å². The summed E-state index contributed by atoms with van der Waals surface area (Å²) in [6.07, 6.45) is 0. The molecular formula is C2H6O10S3. The second kappa shape index (κ2) is 3.93. The van der Waals surface area contributed by atoms with E-state index in [1.807, 2.05) is 0 Å². The molecule has 0 amide bonds. The Hall–Kier alpha value is -0.310. The number of rotatable bonds is 4. The first-order valence-corrected chi connectivity index (χ1v) is 7.36. The van der Waals surface area contributed by atoms with Gasteiger partial charge in [0.05, 0.1) is 0 Å². The summed E-state index contributed by atoms with van der Waals surface area (Å²) in [6, 6.07) is 0. The lowest BCUT2D eigenvalue weighted by Crippen LogP contribution is -2.44. The van der Waals surface area contributed by atoms with Gasteiger partial charge in [0.1, 0.15) is 0 Å². The van der Waals surface area contributed by atoms with Crippen LogP contribution in [0, 0.1) is 0 Å². The molecule has 92 valence electrons. The molecule has 15 heavy (non-hydrogen) atoms. The zero-order valence-electron chi connectivity index (χ0n) is 6.62. The van der Waals surface area contributed by atoms with Crippen molar-refractivity contribution in [1.29, 1.82) is 0 Å². The maximum atomic E-state index is 10.3. The van der Waals surface area contributed by atoms with E-state index in [0.717, 1.165) is 0 Å². The van der Waals surface area contributed by atoms with E-state index >= 15 is 0 Å². The Balaban J connectivity index is 5.79. The van der Waals surface area contributed by atoms with Gasteiger partial charge >= 0.3 is 0 Å². The monoisotopic (exact) mass is 286 g/mol. The largest absolute Gasteiger partial charge is 0.373 e. The summed E-state index contributed by atoms with van der Waals surface area (Å²) >= 11 is 0. The topological polar surface area (TPSA) is 183 Å². The van der Waals surface area contributed by atoms with Crippen LogP contribution in [-0.2, 0) is 30.4 Å². The summed E-state index contributed by atoms with van der Waals surface area (Å²) in [7, 11) is -16.8. The second-order valence-electron chi connectivity index (χ2n) is 2.30. The molecule has 0 aliphatic heterocycles. The highest BCUT2D eigenvalue weighted by atomic mass is 32.3. The van der Waals surface area contributed by atoms with E-state index in [9.17, 15) is 25.3 Å². The Bertz CT molecular complexity index is 487. The average molecular weight is 286 g/mol. The molecule has 1 unspecified atom stereocenters. The predicted octanol–water partition coefficient (Wildman–Crippen LogP) is -2.71. The molecule has 10 nitrogen and oxygen atoms in total. The van der Waals surface area contributed by atoms with Crippen molar-refractivity contribution in [3.05, 3.63) is 0 Å². The molecule has 0 saturated carbocycles. The molecule has 0 aromatic rings. The Morgan fingerprint density at radius 3 is 1.00 bits per heavy atom. The quantitative estimate of drug-likeness (QED) is 0.396. The summed E-state index contributed by atoms with van der Waals surface area (Å²) in [6.45, 7) is 0. The van der Waals surface area contributed by atoms with E-state index in [-0.39, 0.29) is 0 Å². The molecule has 0 aliphatic carbocycles. The van der Waals surface area contributed by atoms with Crippen LogP contribution in [0.1, 0.15) is 0 Å². The van der Waals surface area contributed by atoms with Crippen LogP contribution in [0.25, 0.3) is 0 Å². The number of aliphatic hydroxyl groups is 1. The standard InChI is InChI=1S/C2H6O10S3/c3-1(13(4,5)6)2(14(7,8)9)15(10,11)12/h1-3H,(H,4,5,6)(H,7,8,9)(H,10,11,12). The lowest BCUT2D eigenvalue weighted by Gasteiger charge is -2.14. The van der Waals surface area contributed by atoms with E-state index in [2.05, 4.69) is 0 Å². The van der Waals surface area contributed by atoms with Gasteiger partial charge in [-0.05, 0) is 0 Å². The van der Waals surface area contributed by atoms with Crippen LogP contribution in [0.3, 0.4) is 0 Å².